The standard InChI is InChI=1S/C22H27N3O3/c1-15(23-20(27)16-8-6-5-7-9-16)14-19(26)24-17-10-12-18(13-11-17)25-21(28)22(2,3)4/h5-13,15H,14H2,1-4H3,(H,23,27)(H,24,26)(H,25,28). The van der Waals surface area contributed by atoms with Crippen LogP contribution in [0.1, 0.15) is 44.5 Å². The number of anilines is 2. The summed E-state index contributed by atoms with van der Waals surface area (Å²) in [5, 5.41) is 8.44. The van der Waals surface area contributed by atoms with Crippen LogP contribution in [-0.4, -0.2) is 23.8 Å². The van der Waals surface area contributed by atoms with Crippen molar-refractivity contribution in [3.63, 3.8) is 0 Å². The summed E-state index contributed by atoms with van der Waals surface area (Å²) in [7, 11) is 0. The molecule has 0 aliphatic heterocycles. The number of nitrogens with one attached hydrogen (secondary N) is 3. The summed E-state index contributed by atoms with van der Waals surface area (Å²) in [4.78, 5) is 36.3. The Balaban J connectivity index is 1.84. The van der Waals surface area contributed by atoms with Crippen molar-refractivity contribution in [1.29, 1.82) is 0 Å². The molecule has 0 aliphatic rings. The fraction of sp³-hybridized carbons (Fsp3) is 0.318. The topological polar surface area (TPSA) is 87.3 Å². The van der Waals surface area contributed by atoms with Crippen LogP contribution < -0.4 is 16.0 Å². The molecule has 0 bridgehead atoms. The summed E-state index contributed by atoms with van der Waals surface area (Å²) in [6.07, 6.45) is 0.154. The van der Waals surface area contributed by atoms with Gasteiger partial charge in [0.25, 0.3) is 5.91 Å². The van der Waals surface area contributed by atoms with Crippen molar-refractivity contribution in [2.75, 3.05) is 10.6 Å². The second-order valence-electron chi connectivity index (χ2n) is 7.77. The minimum absolute atomic E-state index is 0.0766. The van der Waals surface area contributed by atoms with Gasteiger partial charge in [0.15, 0.2) is 0 Å². The van der Waals surface area contributed by atoms with E-state index in [-0.39, 0.29) is 30.2 Å². The first-order valence-electron chi connectivity index (χ1n) is 9.22. The third-order valence-corrected chi connectivity index (χ3v) is 4.01. The highest BCUT2D eigenvalue weighted by molar-refractivity contribution is 5.96. The molecular weight excluding hydrogens is 354 g/mol. The minimum atomic E-state index is -0.479. The number of carbonyl (C=O) groups excluding carboxylic acids is 3. The van der Waals surface area contributed by atoms with Gasteiger partial charge in [-0.2, -0.15) is 0 Å². The third kappa shape index (κ3) is 6.54. The van der Waals surface area contributed by atoms with Crippen LogP contribution in [0.15, 0.2) is 54.6 Å². The van der Waals surface area contributed by atoms with Gasteiger partial charge in [0.05, 0.1) is 0 Å². The quantitative estimate of drug-likeness (QED) is 0.711. The molecule has 2 rings (SSSR count). The number of carbonyl (C=O) groups is 3. The van der Waals surface area contributed by atoms with Crippen LogP contribution in [0.2, 0.25) is 0 Å². The predicted molar refractivity (Wildman–Crippen MR) is 111 cm³/mol. The molecule has 6 nitrogen and oxygen atoms in total. The predicted octanol–water partition coefficient (Wildman–Crippen LogP) is 3.82. The van der Waals surface area contributed by atoms with Gasteiger partial charge >= 0.3 is 0 Å². The van der Waals surface area contributed by atoms with Crippen molar-refractivity contribution >= 4 is 29.1 Å². The highest BCUT2D eigenvalue weighted by Gasteiger charge is 2.21. The molecule has 0 saturated carbocycles. The molecule has 1 unspecified atom stereocenters. The molecule has 148 valence electrons. The largest absolute Gasteiger partial charge is 0.349 e. The first-order valence-corrected chi connectivity index (χ1v) is 9.22. The van der Waals surface area contributed by atoms with Gasteiger partial charge in [0.1, 0.15) is 0 Å². The lowest BCUT2D eigenvalue weighted by atomic mass is 9.95. The van der Waals surface area contributed by atoms with Crippen LogP contribution in [0.4, 0.5) is 11.4 Å². The van der Waals surface area contributed by atoms with Crippen molar-refractivity contribution in [3.05, 3.63) is 60.2 Å². The Labute approximate surface area is 165 Å². The smallest absolute Gasteiger partial charge is 0.251 e. The van der Waals surface area contributed by atoms with Crippen LogP contribution in [0, 0.1) is 5.41 Å². The third-order valence-electron chi connectivity index (χ3n) is 4.01. The van der Waals surface area contributed by atoms with E-state index in [0.29, 0.717) is 16.9 Å². The van der Waals surface area contributed by atoms with Crippen LogP contribution in [0.25, 0.3) is 0 Å². The molecule has 6 heteroatoms. The molecule has 0 heterocycles. The summed E-state index contributed by atoms with van der Waals surface area (Å²) in [5.74, 6) is -0.487. The number of benzene rings is 2. The fourth-order valence-corrected chi connectivity index (χ4v) is 2.39. The Morgan fingerprint density at radius 2 is 1.39 bits per heavy atom. The van der Waals surface area contributed by atoms with Gasteiger partial charge in [-0.05, 0) is 43.3 Å². The highest BCUT2D eigenvalue weighted by Crippen LogP contribution is 2.19. The molecule has 2 aromatic rings. The van der Waals surface area contributed by atoms with Gasteiger partial charge < -0.3 is 16.0 Å². The summed E-state index contributed by atoms with van der Waals surface area (Å²) in [5.41, 5.74) is 1.37. The van der Waals surface area contributed by atoms with Crippen LogP contribution in [0.3, 0.4) is 0 Å². The number of rotatable bonds is 6. The lowest BCUT2D eigenvalue weighted by molar-refractivity contribution is -0.123. The minimum Gasteiger partial charge on any atom is -0.349 e. The Morgan fingerprint density at radius 3 is 1.93 bits per heavy atom. The van der Waals surface area contributed by atoms with Crippen LogP contribution in [0.5, 0.6) is 0 Å². The van der Waals surface area contributed by atoms with Gasteiger partial charge in [-0.1, -0.05) is 39.0 Å². The molecule has 28 heavy (non-hydrogen) atoms. The normalized spacial score (nSPS) is 12.0. The summed E-state index contributed by atoms with van der Waals surface area (Å²) in [6.45, 7) is 7.31. The number of hydrogen-bond donors (Lipinski definition) is 3. The fourth-order valence-electron chi connectivity index (χ4n) is 2.39. The summed E-state index contributed by atoms with van der Waals surface area (Å²) in [6, 6.07) is 15.5. The summed E-state index contributed by atoms with van der Waals surface area (Å²) < 4.78 is 0. The van der Waals surface area contributed by atoms with Gasteiger partial charge in [-0.15, -0.1) is 0 Å². The Morgan fingerprint density at radius 1 is 0.857 bits per heavy atom. The molecule has 0 aromatic heterocycles. The zero-order chi connectivity index (χ0) is 20.7. The van der Waals surface area contributed by atoms with Gasteiger partial charge in [-0.3, -0.25) is 14.4 Å². The molecule has 2 aromatic carbocycles. The van der Waals surface area contributed by atoms with Gasteiger partial charge in [-0.25, -0.2) is 0 Å². The molecular formula is C22H27N3O3. The van der Waals surface area contributed by atoms with Crippen LogP contribution >= 0.6 is 0 Å². The second kappa shape index (κ2) is 9.17. The average molecular weight is 381 g/mol. The van der Waals surface area contributed by atoms with E-state index >= 15 is 0 Å². The maximum Gasteiger partial charge on any atom is 0.251 e. The van der Waals surface area contributed by atoms with Crippen molar-refractivity contribution in [1.82, 2.24) is 5.32 Å². The zero-order valence-corrected chi connectivity index (χ0v) is 16.7. The van der Waals surface area contributed by atoms with E-state index in [1.165, 1.54) is 0 Å². The van der Waals surface area contributed by atoms with Gasteiger partial charge in [0.2, 0.25) is 11.8 Å². The van der Waals surface area contributed by atoms with Crippen LogP contribution in [-0.2, 0) is 9.59 Å². The molecule has 0 aliphatic carbocycles. The number of hydrogen-bond acceptors (Lipinski definition) is 3. The monoisotopic (exact) mass is 381 g/mol. The molecule has 3 amide bonds. The molecule has 1 atom stereocenters. The van der Waals surface area contributed by atoms with E-state index < -0.39 is 5.41 Å². The summed E-state index contributed by atoms with van der Waals surface area (Å²) >= 11 is 0. The first-order chi connectivity index (χ1) is 13.1. The molecule has 3 N–H and O–H groups in total. The van der Waals surface area contributed by atoms with Crippen molar-refractivity contribution in [3.8, 4) is 0 Å². The highest BCUT2D eigenvalue weighted by atomic mass is 16.2. The Hall–Kier alpha value is -3.15. The van der Waals surface area contributed by atoms with E-state index in [1.807, 2.05) is 26.8 Å². The lowest BCUT2D eigenvalue weighted by Gasteiger charge is -2.18. The van der Waals surface area contributed by atoms with E-state index in [9.17, 15) is 14.4 Å². The maximum absolute atomic E-state index is 12.2. The first kappa shape index (κ1) is 21.2. The van der Waals surface area contributed by atoms with Crippen molar-refractivity contribution < 1.29 is 14.4 Å². The van der Waals surface area contributed by atoms with Crippen molar-refractivity contribution in [2.45, 2.75) is 40.2 Å². The van der Waals surface area contributed by atoms with E-state index in [0.717, 1.165) is 0 Å². The molecule has 0 fully saturated rings. The number of amides is 3. The van der Waals surface area contributed by atoms with Crippen molar-refractivity contribution in [2.24, 2.45) is 5.41 Å². The van der Waals surface area contributed by atoms with E-state index in [1.54, 1.807) is 55.5 Å². The van der Waals surface area contributed by atoms with E-state index in [2.05, 4.69) is 16.0 Å². The zero-order valence-electron chi connectivity index (χ0n) is 16.7. The SMILES string of the molecule is CC(CC(=O)Nc1ccc(NC(=O)C(C)(C)C)cc1)NC(=O)c1ccccc1. The maximum atomic E-state index is 12.2. The molecule has 0 spiro atoms. The second-order valence-corrected chi connectivity index (χ2v) is 7.77. The lowest BCUT2D eigenvalue weighted by Crippen LogP contribution is -2.35. The van der Waals surface area contributed by atoms with E-state index in [4.69, 9.17) is 0 Å². The molecule has 0 radical (unpaired) electrons. The Kier molecular flexibility index (Phi) is 6.93. The Bertz CT molecular complexity index is 824. The average Bonchev–Trinajstić information content (AvgIpc) is 2.63. The van der Waals surface area contributed by atoms with Gasteiger partial charge in [0, 0.05) is 34.8 Å². The molecule has 0 saturated heterocycles.